The number of likely N-dealkylation sites (N-methyl/N-ethyl adjacent to an activating group) is 1. The molecule has 2 N–H and O–H groups in total. The Kier molecular flexibility index (Phi) is 7.49. The van der Waals surface area contributed by atoms with Gasteiger partial charge in [0, 0.05) is 13.1 Å². The second kappa shape index (κ2) is 9.41. The second-order valence-corrected chi connectivity index (χ2v) is 7.10. The number of hydrogen-bond acceptors (Lipinski definition) is 3. The lowest BCUT2D eigenvalue weighted by Gasteiger charge is -2.33. The van der Waals surface area contributed by atoms with Gasteiger partial charge in [-0.3, -0.25) is 9.59 Å². The van der Waals surface area contributed by atoms with Gasteiger partial charge in [-0.1, -0.05) is 36.6 Å². The molecule has 5 nitrogen and oxygen atoms in total. The summed E-state index contributed by atoms with van der Waals surface area (Å²) in [6, 6.07) is 5.91. The number of amides is 2. The Labute approximate surface area is 161 Å². The van der Waals surface area contributed by atoms with Crippen molar-refractivity contribution in [3.05, 3.63) is 29.3 Å². The van der Waals surface area contributed by atoms with Crippen LogP contribution in [0.25, 0.3) is 0 Å². The number of nitrogens with one attached hydrogen (secondary N) is 2. The van der Waals surface area contributed by atoms with Gasteiger partial charge in [-0.2, -0.15) is 13.2 Å². The van der Waals surface area contributed by atoms with Crippen LogP contribution in [0, 0.1) is 5.92 Å². The van der Waals surface area contributed by atoms with Crippen molar-refractivity contribution in [2.45, 2.75) is 37.9 Å². The molecule has 2 amide bonds. The highest BCUT2D eigenvalue weighted by Crippen LogP contribution is 2.37. The quantitative estimate of drug-likeness (QED) is 0.762. The molecule has 0 radical (unpaired) electrons. The Morgan fingerprint density at radius 1 is 1.22 bits per heavy atom. The standard InChI is InChI=1S/C18H23ClF3N3O2/c1-25(11-16(26)24-15-9-5-3-7-13(15)19)17(27)10-23-14-8-4-2-6-12(14)18(20,21)22/h3,5,7,9,12,14,23H,2,4,6,8,10-11H2,1H3,(H,24,26)/t12-,14-/m1/s1. The van der Waals surface area contributed by atoms with E-state index in [-0.39, 0.29) is 19.5 Å². The van der Waals surface area contributed by atoms with Crippen LogP contribution in [-0.4, -0.2) is 49.1 Å². The van der Waals surface area contributed by atoms with Crippen LogP contribution in [-0.2, 0) is 9.59 Å². The lowest BCUT2D eigenvalue weighted by molar-refractivity contribution is -0.189. The summed E-state index contributed by atoms with van der Waals surface area (Å²) >= 11 is 5.96. The number of anilines is 1. The van der Waals surface area contributed by atoms with E-state index in [0.717, 1.165) is 0 Å². The second-order valence-electron chi connectivity index (χ2n) is 6.70. The van der Waals surface area contributed by atoms with Crippen molar-refractivity contribution in [2.24, 2.45) is 5.92 Å². The topological polar surface area (TPSA) is 61.4 Å². The molecule has 1 aliphatic carbocycles. The van der Waals surface area contributed by atoms with Gasteiger partial charge in [0.25, 0.3) is 0 Å². The van der Waals surface area contributed by atoms with E-state index < -0.39 is 30.0 Å². The zero-order valence-electron chi connectivity index (χ0n) is 15.0. The minimum absolute atomic E-state index is 0.0748. The van der Waals surface area contributed by atoms with Gasteiger partial charge in [-0.15, -0.1) is 0 Å². The van der Waals surface area contributed by atoms with Gasteiger partial charge >= 0.3 is 6.18 Å². The van der Waals surface area contributed by atoms with Crippen molar-refractivity contribution in [3.63, 3.8) is 0 Å². The third kappa shape index (κ3) is 6.39. The summed E-state index contributed by atoms with van der Waals surface area (Å²) in [5.41, 5.74) is 0.429. The maximum atomic E-state index is 13.1. The molecule has 27 heavy (non-hydrogen) atoms. The van der Waals surface area contributed by atoms with Crippen molar-refractivity contribution < 1.29 is 22.8 Å². The van der Waals surface area contributed by atoms with Gasteiger partial charge in [-0.25, -0.2) is 0 Å². The third-order valence-corrected chi connectivity index (χ3v) is 4.99. The van der Waals surface area contributed by atoms with E-state index in [9.17, 15) is 22.8 Å². The first-order chi connectivity index (χ1) is 12.7. The highest BCUT2D eigenvalue weighted by molar-refractivity contribution is 6.33. The van der Waals surface area contributed by atoms with Crippen molar-refractivity contribution in [1.82, 2.24) is 10.2 Å². The summed E-state index contributed by atoms with van der Waals surface area (Å²) in [4.78, 5) is 25.4. The zero-order chi connectivity index (χ0) is 20.0. The van der Waals surface area contributed by atoms with Crippen LogP contribution in [0.5, 0.6) is 0 Å². The first-order valence-electron chi connectivity index (χ1n) is 8.77. The largest absolute Gasteiger partial charge is 0.393 e. The SMILES string of the molecule is CN(CC(=O)Nc1ccccc1Cl)C(=O)CN[C@@H]1CCCC[C@H]1C(F)(F)F. The van der Waals surface area contributed by atoms with Crippen LogP contribution in [0.3, 0.4) is 0 Å². The average molecular weight is 406 g/mol. The smallest absolute Gasteiger partial charge is 0.335 e. The number of benzene rings is 1. The average Bonchev–Trinajstić information content (AvgIpc) is 2.61. The van der Waals surface area contributed by atoms with Gasteiger partial charge < -0.3 is 15.5 Å². The van der Waals surface area contributed by atoms with Crippen molar-refractivity contribution in [2.75, 3.05) is 25.5 Å². The maximum Gasteiger partial charge on any atom is 0.393 e. The van der Waals surface area contributed by atoms with Gasteiger partial charge in [0.1, 0.15) is 0 Å². The number of alkyl halides is 3. The minimum atomic E-state index is -4.28. The first kappa shape index (κ1) is 21.5. The summed E-state index contributed by atoms with van der Waals surface area (Å²) in [6.45, 7) is -0.466. The van der Waals surface area contributed by atoms with E-state index in [1.165, 1.54) is 11.9 Å². The summed E-state index contributed by atoms with van der Waals surface area (Å²) < 4.78 is 39.3. The van der Waals surface area contributed by atoms with E-state index in [2.05, 4.69) is 10.6 Å². The monoisotopic (exact) mass is 405 g/mol. The molecule has 0 spiro atoms. The normalized spacial score (nSPS) is 20.2. The molecule has 0 aliphatic heterocycles. The van der Waals surface area contributed by atoms with Gasteiger partial charge in [0.2, 0.25) is 11.8 Å². The first-order valence-corrected chi connectivity index (χ1v) is 9.14. The van der Waals surface area contributed by atoms with E-state index >= 15 is 0 Å². The molecular weight excluding hydrogens is 383 g/mol. The van der Waals surface area contributed by atoms with E-state index in [4.69, 9.17) is 11.6 Å². The van der Waals surface area contributed by atoms with E-state index in [1.807, 2.05) is 0 Å². The Morgan fingerprint density at radius 3 is 2.56 bits per heavy atom. The maximum absolute atomic E-state index is 13.1. The predicted molar refractivity (Wildman–Crippen MR) is 97.5 cm³/mol. The Balaban J connectivity index is 1.82. The van der Waals surface area contributed by atoms with Gasteiger partial charge in [0.05, 0.1) is 29.7 Å². The fourth-order valence-corrected chi connectivity index (χ4v) is 3.36. The fraction of sp³-hybridized carbons (Fsp3) is 0.556. The minimum Gasteiger partial charge on any atom is -0.335 e. The number of hydrogen-bond donors (Lipinski definition) is 2. The van der Waals surface area contributed by atoms with Gasteiger partial charge in [-0.05, 0) is 25.0 Å². The summed E-state index contributed by atoms with van der Waals surface area (Å²) in [6.07, 6.45) is -2.57. The predicted octanol–water partition coefficient (Wildman–Crippen LogP) is 3.45. The molecule has 1 saturated carbocycles. The Hall–Kier alpha value is -1.80. The summed E-state index contributed by atoms with van der Waals surface area (Å²) in [7, 11) is 1.43. The van der Waals surface area contributed by atoms with Crippen molar-refractivity contribution in [1.29, 1.82) is 0 Å². The van der Waals surface area contributed by atoms with Crippen LogP contribution in [0.4, 0.5) is 18.9 Å². The molecule has 0 saturated heterocycles. The molecule has 9 heteroatoms. The third-order valence-electron chi connectivity index (χ3n) is 4.66. The molecule has 150 valence electrons. The van der Waals surface area contributed by atoms with Gasteiger partial charge in [0.15, 0.2) is 0 Å². The number of halogens is 4. The molecule has 0 bridgehead atoms. The van der Waals surface area contributed by atoms with Crippen molar-refractivity contribution >= 4 is 29.1 Å². The number of nitrogens with zero attached hydrogens (tertiary/aromatic N) is 1. The highest BCUT2D eigenvalue weighted by Gasteiger charge is 2.45. The Morgan fingerprint density at radius 2 is 1.89 bits per heavy atom. The lowest BCUT2D eigenvalue weighted by atomic mass is 9.84. The summed E-state index contributed by atoms with van der Waals surface area (Å²) in [5.74, 6) is -2.33. The van der Waals surface area contributed by atoms with E-state index in [0.29, 0.717) is 30.0 Å². The van der Waals surface area contributed by atoms with Crippen LogP contribution in [0.2, 0.25) is 5.02 Å². The van der Waals surface area contributed by atoms with Crippen LogP contribution in [0.1, 0.15) is 25.7 Å². The van der Waals surface area contributed by atoms with Crippen LogP contribution < -0.4 is 10.6 Å². The number of rotatable bonds is 6. The fourth-order valence-electron chi connectivity index (χ4n) is 3.18. The molecule has 2 rings (SSSR count). The molecule has 0 heterocycles. The molecule has 1 aliphatic rings. The van der Waals surface area contributed by atoms with Crippen LogP contribution >= 0.6 is 11.6 Å². The zero-order valence-corrected chi connectivity index (χ0v) is 15.7. The number of carbonyl (C=O) groups excluding carboxylic acids is 2. The summed E-state index contributed by atoms with van der Waals surface area (Å²) in [5, 5.41) is 5.69. The number of carbonyl (C=O) groups is 2. The molecule has 2 atom stereocenters. The molecule has 0 aromatic heterocycles. The molecular formula is C18H23ClF3N3O2. The molecule has 1 aromatic carbocycles. The van der Waals surface area contributed by atoms with Crippen molar-refractivity contribution in [3.8, 4) is 0 Å². The highest BCUT2D eigenvalue weighted by atomic mass is 35.5. The Bertz CT molecular complexity index is 669. The molecule has 1 fully saturated rings. The molecule has 1 aromatic rings. The lowest BCUT2D eigenvalue weighted by Crippen LogP contribution is -2.49. The molecule has 0 unspecified atom stereocenters. The number of para-hydroxylation sites is 1. The van der Waals surface area contributed by atoms with E-state index in [1.54, 1.807) is 24.3 Å². The van der Waals surface area contributed by atoms with Crippen LogP contribution in [0.15, 0.2) is 24.3 Å².